The van der Waals surface area contributed by atoms with E-state index in [1.54, 1.807) is 0 Å². The number of aromatic amines is 2. The first-order valence-corrected chi connectivity index (χ1v) is 3.70. The van der Waals surface area contributed by atoms with Crippen LogP contribution in [-0.4, -0.2) is 22.6 Å². The molecule has 0 saturated heterocycles. The Kier molecular flexibility index (Phi) is 2.95. The molecule has 0 aliphatic rings. The number of carbonyl (C=O) groups excluding carboxylic acids is 1. The molecule has 1 aromatic rings. The van der Waals surface area contributed by atoms with Gasteiger partial charge in [-0.15, -0.1) is 0 Å². The van der Waals surface area contributed by atoms with Crippen molar-refractivity contribution < 1.29 is 4.79 Å². The van der Waals surface area contributed by atoms with Gasteiger partial charge in [0.25, 0.3) is 5.56 Å². The standard InChI is InChI=1S/C7H8N4O3/c1-4-5(2-8-9-3-12)10-7(14)11-6(4)13/h2-3H,1H3,(H,9,12)(H2,10,11,13,14). The fraction of sp³-hybridized carbons (Fsp3) is 0.143. The molecule has 0 aromatic carbocycles. The Labute approximate surface area is 77.9 Å². The van der Waals surface area contributed by atoms with Crippen LogP contribution >= 0.6 is 0 Å². The second-order valence-corrected chi connectivity index (χ2v) is 2.45. The number of rotatable bonds is 3. The maximum Gasteiger partial charge on any atom is 0.326 e. The molecule has 7 heteroatoms. The predicted octanol–water partition coefficient (Wildman–Crippen LogP) is -1.55. The molecule has 0 atom stereocenters. The summed E-state index contributed by atoms with van der Waals surface area (Å²) in [5.41, 5.74) is 1.49. The molecule has 74 valence electrons. The molecule has 14 heavy (non-hydrogen) atoms. The number of hydrogen-bond acceptors (Lipinski definition) is 4. The normalized spacial score (nSPS) is 10.4. The predicted molar refractivity (Wildman–Crippen MR) is 49.2 cm³/mol. The van der Waals surface area contributed by atoms with Gasteiger partial charge in [-0.25, -0.2) is 10.2 Å². The third-order valence-corrected chi connectivity index (χ3v) is 1.54. The summed E-state index contributed by atoms with van der Waals surface area (Å²) in [5.74, 6) is 0. The highest BCUT2D eigenvalue weighted by molar-refractivity contribution is 5.78. The van der Waals surface area contributed by atoms with Gasteiger partial charge in [0.2, 0.25) is 6.41 Å². The van der Waals surface area contributed by atoms with Crippen molar-refractivity contribution in [1.82, 2.24) is 15.4 Å². The third-order valence-electron chi connectivity index (χ3n) is 1.54. The van der Waals surface area contributed by atoms with Crippen LogP contribution in [0.3, 0.4) is 0 Å². The smallest absolute Gasteiger partial charge is 0.306 e. The SMILES string of the molecule is Cc1c(C=NNC=O)[nH]c(=O)[nH]c1=O. The Bertz CT molecular complexity index is 471. The molecule has 1 rings (SSSR count). The van der Waals surface area contributed by atoms with Crippen LogP contribution in [-0.2, 0) is 4.79 Å². The zero-order chi connectivity index (χ0) is 10.6. The second-order valence-electron chi connectivity index (χ2n) is 2.45. The molecule has 1 amide bonds. The second kappa shape index (κ2) is 4.17. The Morgan fingerprint density at radius 1 is 1.36 bits per heavy atom. The highest BCUT2D eigenvalue weighted by Crippen LogP contribution is 1.88. The van der Waals surface area contributed by atoms with E-state index in [-0.39, 0.29) is 5.69 Å². The minimum Gasteiger partial charge on any atom is -0.306 e. The first-order valence-electron chi connectivity index (χ1n) is 3.70. The number of carbonyl (C=O) groups is 1. The average molecular weight is 196 g/mol. The van der Waals surface area contributed by atoms with Crippen molar-refractivity contribution in [3.8, 4) is 0 Å². The highest BCUT2D eigenvalue weighted by Gasteiger charge is 2.00. The van der Waals surface area contributed by atoms with Gasteiger partial charge in [-0.2, -0.15) is 5.10 Å². The summed E-state index contributed by atoms with van der Waals surface area (Å²) in [4.78, 5) is 36.2. The van der Waals surface area contributed by atoms with E-state index in [4.69, 9.17) is 0 Å². The summed E-state index contributed by atoms with van der Waals surface area (Å²) in [6.07, 6.45) is 1.55. The molecule has 0 spiro atoms. The van der Waals surface area contributed by atoms with Gasteiger partial charge in [0.05, 0.1) is 11.9 Å². The summed E-state index contributed by atoms with van der Waals surface area (Å²) < 4.78 is 0. The first kappa shape index (κ1) is 9.90. The third kappa shape index (κ3) is 2.16. The average Bonchev–Trinajstić information content (AvgIpc) is 2.13. The number of aromatic nitrogens is 2. The summed E-state index contributed by atoms with van der Waals surface area (Å²) >= 11 is 0. The van der Waals surface area contributed by atoms with Gasteiger partial charge in [0.1, 0.15) is 0 Å². The van der Waals surface area contributed by atoms with Crippen molar-refractivity contribution in [2.24, 2.45) is 5.10 Å². The van der Waals surface area contributed by atoms with Gasteiger partial charge in [0.15, 0.2) is 0 Å². The van der Waals surface area contributed by atoms with E-state index >= 15 is 0 Å². The van der Waals surface area contributed by atoms with Crippen molar-refractivity contribution in [3.63, 3.8) is 0 Å². The van der Waals surface area contributed by atoms with Gasteiger partial charge < -0.3 is 4.98 Å². The fourth-order valence-electron chi connectivity index (χ4n) is 0.828. The maximum absolute atomic E-state index is 11.1. The lowest BCUT2D eigenvalue weighted by Crippen LogP contribution is -2.26. The van der Waals surface area contributed by atoms with E-state index in [2.05, 4.69) is 15.1 Å². The lowest BCUT2D eigenvalue weighted by atomic mass is 10.3. The minimum atomic E-state index is -0.617. The highest BCUT2D eigenvalue weighted by atomic mass is 16.2. The van der Waals surface area contributed by atoms with Gasteiger partial charge in [0, 0.05) is 5.56 Å². The molecule has 0 aliphatic heterocycles. The van der Waals surface area contributed by atoms with Crippen molar-refractivity contribution in [2.45, 2.75) is 6.92 Å². The largest absolute Gasteiger partial charge is 0.326 e. The molecule has 0 aliphatic carbocycles. The van der Waals surface area contributed by atoms with E-state index in [0.717, 1.165) is 0 Å². The molecule has 0 unspecified atom stereocenters. The number of H-pyrrole nitrogens is 2. The van der Waals surface area contributed by atoms with Crippen molar-refractivity contribution in [1.29, 1.82) is 0 Å². The number of nitrogens with zero attached hydrogens (tertiary/aromatic N) is 1. The van der Waals surface area contributed by atoms with Crippen LogP contribution in [0.1, 0.15) is 11.3 Å². The number of hydrazone groups is 1. The van der Waals surface area contributed by atoms with Gasteiger partial charge in [-0.3, -0.25) is 14.6 Å². The zero-order valence-electron chi connectivity index (χ0n) is 7.33. The monoisotopic (exact) mass is 196 g/mol. The summed E-state index contributed by atoms with van der Waals surface area (Å²) in [7, 11) is 0. The summed E-state index contributed by atoms with van der Waals surface area (Å²) in [5, 5.41) is 3.44. The maximum atomic E-state index is 11.1. The van der Waals surface area contributed by atoms with Crippen LogP contribution in [0.4, 0.5) is 0 Å². The van der Waals surface area contributed by atoms with Crippen LogP contribution in [0.2, 0.25) is 0 Å². The Morgan fingerprint density at radius 3 is 2.71 bits per heavy atom. The van der Waals surface area contributed by atoms with Gasteiger partial charge in [-0.05, 0) is 6.92 Å². The van der Waals surface area contributed by atoms with E-state index in [1.807, 2.05) is 5.43 Å². The number of hydrogen-bond donors (Lipinski definition) is 3. The van der Waals surface area contributed by atoms with E-state index < -0.39 is 11.2 Å². The molecule has 0 saturated carbocycles. The van der Waals surface area contributed by atoms with Gasteiger partial charge >= 0.3 is 5.69 Å². The molecule has 0 radical (unpaired) electrons. The number of amides is 1. The van der Waals surface area contributed by atoms with Crippen molar-refractivity contribution in [2.75, 3.05) is 0 Å². The Hall–Kier alpha value is -2.18. The number of nitrogens with one attached hydrogen (secondary N) is 3. The van der Waals surface area contributed by atoms with Crippen molar-refractivity contribution in [3.05, 3.63) is 32.1 Å². The Balaban J connectivity index is 3.14. The first-order chi connectivity index (χ1) is 6.65. The summed E-state index contributed by atoms with van der Waals surface area (Å²) in [6, 6.07) is 0. The molecule has 0 fully saturated rings. The van der Waals surface area contributed by atoms with Crippen LogP contribution in [0.15, 0.2) is 14.7 Å². The fourth-order valence-corrected chi connectivity index (χ4v) is 0.828. The molecular weight excluding hydrogens is 188 g/mol. The zero-order valence-corrected chi connectivity index (χ0v) is 7.33. The van der Waals surface area contributed by atoms with Crippen LogP contribution < -0.4 is 16.7 Å². The van der Waals surface area contributed by atoms with Crippen molar-refractivity contribution >= 4 is 12.6 Å². The van der Waals surface area contributed by atoms with Gasteiger partial charge in [-0.1, -0.05) is 0 Å². The molecule has 3 N–H and O–H groups in total. The van der Waals surface area contributed by atoms with E-state index in [1.165, 1.54) is 13.1 Å². The van der Waals surface area contributed by atoms with E-state index in [9.17, 15) is 14.4 Å². The molecule has 7 nitrogen and oxygen atoms in total. The molecule has 0 bridgehead atoms. The van der Waals surface area contributed by atoms with Crippen LogP contribution in [0.25, 0.3) is 0 Å². The van der Waals surface area contributed by atoms with Crippen LogP contribution in [0.5, 0.6) is 0 Å². The molecule has 1 aromatic heterocycles. The molecule has 1 heterocycles. The lowest BCUT2D eigenvalue weighted by Gasteiger charge is -1.96. The summed E-state index contributed by atoms with van der Waals surface area (Å²) in [6.45, 7) is 1.52. The lowest BCUT2D eigenvalue weighted by molar-refractivity contribution is -0.109. The Morgan fingerprint density at radius 2 is 2.07 bits per heavy atom. The van der Waals surface area contributed by atoms with Crippen LogP contribution in [0, 0.1) is 6.92 Å². The quantitative estimate of drug-likeness (QED) is 0.309. The van der Waals surface area contributed by atoms with E-state index in [0.29, 0.717) is 12.0 Å². The topological polar surface area (TPSA) is 107 Å². The molecular formula is C7H8N4O3. The minimum absolute atomic E-state index is 0.258.